The van der Waals surface area contributed by atoms with Crippen LogP contribution in [0.5, 0.6) is 0 Å². The predicted molar refractivity (Wildman–Crippen MR) is 76.0 cm³/mol. The minimum atomic E-state index is -0.757. The molecule has 0 unspecified atom stereocenters. The standard InChI is InChI=1S/C12H18N4O2S/c1-19-6-11(18)10(17)5-13-2-8-3-15-9-4-14-7-16-12(8)9/h3-4,7,10-11,13,15,17-18H,2,5-6H2,1H3/t10-,11+/m0/s1. The van der Waals surface area contributed by atoms with E-state index in [2.05, 4.69) is 20.3 Å². The quantitative estimate of drug-likeness (QED) is 0.577. The summed E-state index contributed by atoms with van der Waals surface area (Å²) < 4.78 is 0. The molecule has 0 aliphatic rings. The Morgan fingerprint density at radius 3 is 3.05 bits per heavy atom. The first kappa shape index (κ1) is 14.3. The molecular weight excluding hydrogens is 264 g/mol. The number of aliphatic hydroxyl groups excluding tert-OH is 2. The molecule has 2 aromatic heterocycles. The number of fused-ring (bicyclic) bond motifs is 1. The molecule has 0 aromatic carbocycles. The van der Waals surface area contributed by atoms with Gasteiger partial charge in [0, 0.05) is 30.6 Å². The summed E-state index contributed by atoms with van der Waals surface area (Å²) in [6.45, 7) is 0.930. The van der Waals surface area contributed by atoms with Gasteiger partial charge in [0.15, 0.2) is 0 Å². The Bertz CT molecular complexity index is 519. The fourth-order valence-corrected chi connectivity index (χ4v) is 2.40. The molecule has 6 nitrogen and oxygen atoms in total. The van der Waals surface area contributed by atoms with Gasteiger partial charge in [-0.05, 0) is 6.26 Å². The lowest BCUT2D eigenvalue weighted by Gasteiger charge is -2.17. The molecule has 0 saturated heterocycles. The van der Waals surface area contributed by atoms with E-state index in [4.69, 9.17) is 0 Å². The fourth-order valence-electron chi connectivity index (χ4n) is 1.83. The average Bonchev–Trinajstić information content (AvgIpc) is 2.82. The van der Waals surface area contributed by atoms with Crippen molar-refractivity contribution in [3.05, 3.63) is 24.3 Å². The van der Waals surface area contributed by atoms with Crippen molar-refractivity contribution in [2.45, 2.75) is 18.8 Å². The smallest absolute Gasteiger partial charge is 0.116 e. The van der Waals surface area contributed by atoms with E-state index in [-0.39, 0.29) is 0 Å². The lowest BCUT2D eigenvalue weighted by atomic mass is 10.2. The molecule has 2 aromatic rings. The summed E-state index contributed by atoms with van der Waals surface area (Å²) >= 11 is 1.51. The summed E-state index contributed by atoms with van der Waals surface area (Å²) in [5, 5.41) is 22.5. The summed E-state index contributed by atoms with van der Waals surface area (Å²) in [5.74, 6) is 0.531. The molecule has 0 spiro atoms. The second kappa shape index (κ2) is 6.85. The lowest BCUT2D eigenvalue weighted by Crippen LogP contribution is -2.37. The minimum absolute atomic E-state index is 0.347. The summed E-state index contributed by atoms with van der Waals surface area (Å²) in [6, 6.07) is 0. The van der Waals surface area contributed by atoms with Crippen LogP contribution in [0.15, 0.2) is 18.7 Å². The van der Waals surface area contributed by atoms with E-state index < -0.39 is 12.2 Å². The van der Waals surface area contributed by atoms with Crippen LogP contribution < -0.4 is 5.32 Å². The highest BCUT2D eigenvalue weighted by atomic mass is 32.2. The zero-order valence-electron chi connectivity index (χ0n) is 10.7. The zero-order valence-corrected chi connectivity index (χ0v) is 11.5. The van der Waals surface area contributed by atoms with Gasteiger partial charge in [0.05, 0.1) is 29.4 Å². The Morgan fingerprint density at radius 1 is 1.42 bits per heavy atom. The molecule has 0 aliphatic heterocycles. The largest absolute Gasteiger partial charge is 0.390 e. The van der Waals surface area contributed by atoms with Gasteiger partial charge >= 0.3 is 0 Å². The monoisotopic (exact) mass is 282 g/mol. The molecule has 0 aliphatic carbocycles. The number of aliphatic hydroxyl groups is 2. The van der Waals surface area contributed by atoms with Gasteiger partial charge in [0.1, 0.15) is 6.33 Å². The number of thioether (sulfide) groups is 1. The van der Waals surface area contributed by atoms with E-state index in [9.17, 15) is 10.2 Å². The SMILES string of the molecule is CSC[C@@H](O)[C@@H](O)CNCc1c[nH]c2cncnc12. The summed E-state index contributed by atoms with van der Waals surface area (Å²) in [5.41, 5.74) is 2.79. The van der Waals surface area contributed by atoms with E-state index in [0.29, 0.717) is 18.8 Å². The summed E-state index contributed by atoms with van der Waals surface area (Å²) in [4.78, 5) is 11.2. The van der Waals surface area contributed by atoms with Crippen molar-refractivity contribution in [2.24, 2.45) is 0 Å². The Hall–Kier alpha value is -1.15. The van der Waals surface area contributed by atoms with Crippen molar-refractivity contribution >= 4 is 22.8 Å². The predicted octanol–water partition coefficient (Wildman–Crippen LogP) is 0.132. The first-order valence-electron chi connectivity index (χ1n) is 6.04. The van der Waals surface area contributed by atoms with Crippen LogP contribution in [-0.4, -0.2) is 55.9 Å². The number of rotatable bonds is 7. The molecule has 0 fully saturated rings. The number of H-pyrrole nitrogens is 1. The second-order valence-corrected chi connectivity index (χ2v) is 5.23. The third kappa shape index (κ3) is 3.66. The molecule has 19 heavy (non-hydrogen) atoms. The van der Waals surface area contributed by atoms with Crippen LogP contribution in [0.1, 0.15) is 5.56 Å². The van der Waals surface area contributed by atoms with Gasteiger partial charge in [-0.2, -0.15) is 11.8 Å². The van der Waals surface area contributed by atoms with Crippen molar-refractivity contribution < 1.29 is 10.2 Å². The Kier molecular flexibility index (Phi) is 5.15. The fraction of sp³-hybridized carbons (Fsp3) is 0.500. The number of aromatic amines is 1. The van der Waals surface area contributed by atoms with Gasteiger partial charge in [-0.1, -0.05) is 0 Å². The van der Waals surface area contributed by atoms with Crippen molar-refractivity contribution in [1.29, 1.82) is 0 Å². The van der Waals surface area contributed by atoms with Crippen molar-refractivity contribution in [3.8, 4) is 0 Å². The number of nitrogens with one attached hydrogen (secondary N) is 2. The number of nitrogens with zero attached hydrogens (tertiary/aromatic N) is 2. The average molecular weight is 282 g/mol. The zero-order chi connectivity index (χ0) is 13.7. The van der Waals surface area contributed by atoms with E-state index >= 15 is 0 Å². The maximum absolute atomic E-state index is 9.73. The Labute approximate surface area is 115 Å². The van der Waals surface area contributed by atoms with Gasteiger partial charge < -0.3 is 20.5 Å². The van der Waals surface area contributed by atoms with Gasteiger partial charge in [-0.25, -0.2) is 9.97 Å². The number of aromatic nitrogens is 3. The van der Waals surface area contributed by atoms with E-state index in [1.165, 1.54) is 18.1 Å². The molecule has 104 valence electrons. The second-order valence-electron chi connectivity index (χ2n) is 4.32. The van der Waals surface area contributed by atoms with Crippen LogP contribution in [0.2, 0.25) is 0 Å². The molecule has 0 bridgehead atoms. The minimum Gasteiger partial charge on any atom is -0.390 e. The summed E-state index contributed by atoms with van der Waals surface area (Å²) in [6.07, 6.45) is 5.55. The maximum Gasteiger partial charge on any atom is 0.116 e. The molecule has 0 amide bonds. The van der Waals surface area contributed by atoms with E-state index in [1.54, 1.807) is 6.20 Å². The molecule has 2 heterocycles. The molecule has 2 rings (SSSR count). The number of hydrogen-bond acceptors (Lipinski definition) is 6. The van der Waals surface area contributed by atoms with Crippen molar-refractivity contribution in [3.63, 3.8) is 0 Å². The molecule has 7 heteroatoms. The topological polar surface area (TPSA) is 94.1 Å². The van der Waals surface area contributed by atoms with Crippen LogP contribution in [0, 0.1) is 0 Å². The molecule has 0 saturated carbocycles. The first-order chi connectivity index (χ1) is 9.22. The third-order valence-corrected chi connectivity index (χ3v) is 3.54. The molecular formula is C12H18N4O2S. The van der Waals surface area contributed by atoms with Gasteiger partial charge in [-0.3, -0.25) is 0 Å². The van der Waals surface area contributed by atoms with Gasteiger partial charge in [0.25, 0.3) is 0 Å². The van der Waals surface area contributed by atoms with Crippen LogP contribution in [0.4, 0.5) is 0 Å². The summed E-state index contributed by atoms with van der Waals surface area (Å²) in [7, 11) is 0. The van der Waals surface area contributed by atoms with E-state index in [1.807, 2.05) is 12.5 Å². The van der Waals surface area contributed by atoms with Gasteiger partial charge in [-0.15, -0.1) is 0 Å². The number of hydrogen-bond donors (Lipinski definition) is 4. The van der Waals surface area contributed by atoms with Crippen LogP contribution >= 0.6 is 11.8 Å². The van der Waals surface area contributed by atoms with Gasteiger partial charge in [0.2, 0.25) is 0 Å². The molecule has 0 radical (unpaired) electrons. The van der Waals surface area contributed by atoms with Crippen molar-refractivity contribution in [1.82, 2.24) is 20.3 Å². The third-order valence-electron chi connectivity index (χ3n) is 2.87. The van der Waals surface area contributed by atoms with Crippen LogP contribution in [-0.2, 0) is 6.54 Å². The highest BCUT2D eigenvalue weighted by Crippen LogP contribution is 2.13. The van der Waals surface area contributed by atoms with Crippen molar-refractivity contribution in [2.75, 3.05) is 18.6 Å². The molecule has 4 N–H and O–H groups in total. The molecule has 2 atom stereocenters. The lowest BCUT2D eigenvalue weighted by molar-refractivity contribution is 0.0347. The Morgan fingerprint density at radius 2 is 2.26 bits per heavy atom. The normalized spacial score (nSPS) is 14.7. The maximum atomic E-state index is 9.73. The van der Waals surface area contributed by atoms with Crippen LogP contribution in [0.25, 0.3) is 11.0 Å². The highest BCUT2D eigenvalue weighted by Gasteiger charge is 2.15. The first-order valence-corrected chi connectivity index (χ1v) is 7.43. The highest BCUT2D eigenvalue weighted by molar-refractivity contribution is 7.98. The Balaban J connectivity index is 1.86. The van der Waals surface area contributed by atoms with E-state index in [0.717, 1.165) is 16.6 Å². The van der Waals surface area contributed by atoms with Crippen LogP contribution in [0.3, 0.4) is 0 Å².